The minimum absolute atomic E-state index is 0.109. The first-order chi connectivity index (χ1) is 11.1. The van der Waals surface area contributed by atoms with Crippen LogP contribution < -0.4 is 4.90 Å². The number of hydrogen-bond donors (Lipinski definition) is 0. The van der Waals surface area contributed by atoms with Gasteiger partial charge < -0.3 is 0 Å². The van der Waals surface area contributed by atoms with Gasteiger partial charge in [0.1, 0.15) is 0 Å². The summed E-state index contributed by atoms with van der Waals surface area (Å²) >= 11 is 0. The maximum atomic E-state index is 12.9. The lowest BCUT2D eigenvalue weighted by molar-refractivity contribution is -0.384. The molecule has 0 spiro atoms. The van der Waals surface area contributed by atoms with Crippen LogP contribution in [0, 0.1) is 45.6 Å². The van der Waals surface area contributed by atoms with Gasteiger partial charge in [0.25, 0.3) is 5.69 Å². The number of nitrogens with zero attached hydrogens (tertiary/aromatic N) is 2. The number of nitro groups is 1. The Labute approximate surface area is 131 Å². The first-order valence-corrected chi connectivity index (χ1v) is 7.88. The molecule has 116 valence electrons. The Morgan fingerprint density at radius 2 is 1.65 bits per heavy atom. The monoisotopic (exact) mass is 310 g/mol. The van der Waals surface area contributed by atoms with Crippen LogP contribution in [0.15, 0.2) is 36.4 Å². The van der Waals surface area contributed by atoms with E-state index < -0.39 is 4.92 Å². The van der Waals surface area contributed by atoms with Gasteiger partial charge in [-0.05, 0) is 36.2 Å². The number of benzene rings is 1. The van der Waals surface area contributed by atoms with E-state index in [0.717, 1.165) is 6.42 Å². The highest BCUT2D eigenvalue weighted by molar-refractivity contribution is 6.22. The van der Waals surface area contributed by atoms with Gasteiger partial charge in [0.15, 0.2) is 0 Å². The fraction of sp³-hybridized carbons (Fsp3) is 0.412. The van der Waals surface area contributed by atoms with E-state index in [-0.39, 0.29) is 41.2 Å². The van der Waals surface area contributed by atoms with Crippen molar-refractivity contribution in [3.8, 4) is 0 Å². The van der Waals surface area contributed by atoms with Crippen molar-refractivity contribution in [1.29, 1.82) is 0 Å². The zero-order chi connectivity index (χ0) is 15.9. The summed E-state index contributed by atoms with van der Waals surface area (Å²) in [5.41, 5.74) is 0.207. The van der Waals surface area contributed by atoms with Gasteiger partial charge in [0.2, 0.25) is 11.8 Å². The van der Waals surface area contributed by atoms with Crippen LogP contribution in [0.1, 0.15) is 6.42 Å². The Kier molecular flexibility index (Phi) is 2.30. The molecule has 6 atom stereocenters. The molecule has 1 aromatic carbocycles. The van der Waals surface area contributed by atoms with Crippen molar-refractivity contribution in [2.45, 2.75) is 6.42 Å². The van der Waals surface area contributed by atoms with E-state index in [2.05, 4.69) is 12.2 Å². The summed E-state index contributed by atoms with van der Waals surface area (Å²) in [6, 6.07) is 5.78. The number of allylic oxidation sites excluding steroid dienone is 2. The number of nitro benzene ring substituents is 1. The Hall–Kier alpha value is -2.50. The zero-order valence-corrected chi connectivity index (χ0v) is 12.2. The third-order valence-electron chi connectivity index (χ3n) is 5.96. The molecule has 3 fully saturated rings. The van der Waals surface area contributed by atoms with Crippen molar-refractivity contribution in [3.63, 3.8) is 0 Å². The van der Waals surface area contributed by atoms with Gasteiger partial charge in [0, 0.05) is 12.1 Å². The lowest BCUT2D eigenvalue weighted by Gasteiger charge is -2.37. The smallest absolute Gasteiger partial charge is 0.271 e. The average Bonchev–Trinajstić information content (AvgIpc) is 3.32. The number of carbonyl (C=O) groups is 2. The highest BCUT2D eigenvalue weighted by Gasteiger charge is 2.67. The largest absolute Gasteiger partial charge is 0.274 e. The molecule has 0 unspecified atom stereocenters. The molecule has 2 amide bonds. The Morgan fingerprint density at radius 1 is 1.04 bits per heavy atom. The van der Waals surface area contributed by atoms with Gasteiger partial charge >= 0.3 is 0 Å². The molecule has 2 bridgehead atoms. The molecule has 2 saturated carbocycles. The van der Waals surface area contributed by atoms with Crippen molar-refractivity contribution in [2.24, 2.45) is 35.5 Å². The van der Waals surface area contributed by atoms with Crippen LogP contribution in [-0.4, -0.2) is 16.7 Å². The Bertz CT molecular complexity index is 766. The predicted octanol–water partition coefficient (Wildman–Crippen LogP) is 2.15. The van der Waals surface area contributed by atoms with E-state index >= 15 is 0 Å². The molecule has 4 aliphatic carbocycles. The Balaban J connectivity index is 1.57. The number of hydrogen-bond acceptors (Lipinski definition) is 4. The van der Waals surface area contributed by atoms with Gasteiger partial charge in [-0.1, -0.05) is 18.2 Å². The molecule has 6 heteroatoms. The number of imide groups is 1. The molecular weight excluding hydrogens is 296 g/mol. The molecule has 6 nitrogen and oxygen atoms in total. The van der Waals surface area contributed by atoms with Crippen LogP contribution in [0.4, 0.5) is 11.4 Å². The molecule has 0 aromatic heterocycles. The van der Waals surface area contributed by atoms with Gasteiger partial charge in [0.05, 0.1) is 22.4 Å². The number of anilines is 1. The summed E-state index contributed by atoms with van der Waals surface area (Å²) in [4.78, 5) is 37.4. The highest BCUT2D eigenvalue weighted by Crippen LogP contribution is 2.65. The van der Waals surface area contributed by atoms with Crippen molar-refractivity contribution in [1.82, 2.24) is 0 Å². The number of carbonyl (C=O) groups excluding carboxylic acids is 2. The van der Waals surface area contributed by atoms with Crippen LogP contribution in [0.3, 0.4) is 0 Å². The zero-order valence-electron chi connectivity index (χ0n) is 12.2. The van der Waals surface area contributed by atoms with Crippen molar-refractivity contribution >= 4 is 23.2 Å². The molecule has 23 heavy (non-hydrogen) atoms. The average molecular weight is 310 g/mol. The maximum absolute atomic E-state index is 12.9. The van der Waals surface area contributed by atoms with Gasteiger partial charge in [-0.3, -0.25) is 19.7 Å². The van der Waals surface area contributed by atoms with E-state index in [9.17, 15) is 19.7 Å². The quantitative estimate of drug-likeness (QED) is 0.363. The SMILES string of the molecule is O=C1[C@@H]2[C@H]3C=C[C@H]([C@H]4C[C@H]34)[C@@H]2C(=O)N1c1cccc([N+](=O)[O-])c1. The van der Waals surface area contributed by atoms with Gasteiger partial charge in [-0.2, -0.15) is 0 Å². The molecule has 5 aliphatic rings. The van der Waals surface area contributed by atoms with E-state index in [1.807, 2.05) is 0 Å². The van der Waals surface area contributed by atoms with E-state index in [1.54, 1.807) is 6.07 Å². The van der Waals surface area contributed by atoms with E-state index in [1.165, 1.54) is 23.1 Å². The molecule has 0 radical (unpaired) electrons. The topological polar surface area (TPSA) is 80.5 Å². The molecule has 1 aromatic rings. The van der Waals surface area contributed by atoms with Crippen molar-refractivity contribution < 1.29 is 14.5 Å². The van der Waals surface area contributed by atoms with Crippen LogP contribution in [0.2, 0.25) is 0 Å². The minimum atomic E-state index is -0.512. The third-order valence-corrected chi connectivity index (χ3v) is 5.96. The number of rotatable bonds is 2. The van der Waals surface area contributed by atoms with Crippen LogP contribution in [0.25, 0.3) is 0 Å². The van der Waals surface area contributed by atoms with E-state index in [0.29, 0.717) is 17.5 Å². The summed E-state index contributed by atoms with van der Waals surface area (Å²) in [7, 11) is 0. The number of amides is 2. The summed E-state index contributed by atoms with van der Waals surface area (Å²) < 4.78 is 0. The summed E-state index contributed by atoms with van der Waals surface area (Å²) in [6.45, 7) is 0. The minimum Gasteiger partial charge on any atom is -0.274 e. The Morgan fingerprint density at radius 3 is 2.22 bits per heavy atom. The number of non-ortho nitro benzene ring substituents is 1. The molecule has 1 heterocycles. The first-order valence-electron chi connectivity index (χ1n) is 7.88. The highest BCUT2D eigenvalue weighted by atomic mass is 16.6. The fourth-order valence-corrected chi connectivity index (χ4v) is 4.96. The predicted molar refractivity (Wildman–Crippen MR) is 80.3 cm³/mol. The standard InChI is InChI=1S/C17H14N2O4/c20-16-14-10-4-5-11(13-7-12(10)13)15(14)17(21)18(16)8-2-1-3-9(6-8)19(22)23/h1-6,10-15H,7H2/t10-,11+,12-,13-,14+,15-/m1/s1. The second kappa shape index (κ2) is 4.07. The van der Waals surface area contributed by atoms with Crippen molar-refractivity contribution in [2.75, 3.05) is 4.90 Å². The van der Waals surface area contributed by atoms with Crippen LogP contribution in [-0.2, 0) is 9.59 Å². The summed E-state index contributed by atoms with van der Waals surface area (Å²) in [5, 5.41) is 11.0. The van der Waals surface area contributed by atoms with Gasteiger partial charge in [-0.15, -0.1) is 0 Å². The molecule has 0 N–H and O–H groups in total. The molecule has 1 saturated heterocycles. The second-order valence-electron chi connectivity index (χ2n) is 6.94. The van der Waals surface area contributed by atoms with E-state index in [4.69, 9.17) is 0 Å². The molecular formula is C17H14N2O4. The summed E-state index contributed by atoms with van der Waals surface area (Å²) in [6.07, 6.45) is 5.34. The lowest BCUT2D eigenvalue weighted by atomic mass is 9.63. The second-order valence-corrected chi connectivity index (χ2v) is 6.94. The first kappa shape index (κ1) is 13.0. The normalized spacial score (nSPS) is 39.4. The van der Waals surface area contributed by atoms with Crippen molar-refractivity contribution in [3.05, 3.63) is 46.5 Å². The summed E-state index contributed by atoms with van der Waals surface area (Å²) in [5.74, 6) is 0.489. The van der Waals surface area contributed by atoms with Crippen LogP contribution >= 0.6 is 0 Å². The van der Waals surface area contributed by atoms with Crippen LogP contribution in [0.5, 0.6) is 0 Å². The molecule has 1 aliphatic heterocycles. The molecule has 6 rings (SSSR count). The lowest BCUT2D eigenvalue weighted by Crippen LogP contribution is -2.40. The fourth-order valence-electron chi connectivity index (χ4n) is 4.96. The van der Waals surface area contributed by atoms with Gasteiger partial charge in [-0.25, -0.2) is 4.90 Å². The maximum Gasteiger partial charge on any atom is 0.271 e. The third kappa shape index (κ3) is 1.53.